The third-order valence-corrected chi connectivity index (χ3v) is 5.85. The van der Waals surface area contributed by atoms with Gasteiger partial charge >= 0.3 is 0 Å². The zero-order valence-corrected chi connectivity index (χ0v) is 15.8. The molecule has 1 aliphatic rings. The Bertz CT molecular complexity index is 1190. The number of carbonyl (C=O) groups excluding carboxylic acids is 1. The Kier molecular flexibility index (Phi) is 4.44. The summed E-state index contributed by atoms with van der Waals surface area (Å²) in [5.41, 5.74) is 1.39. The van der Waals surface area contributed by atoms with Crippen LogP contribution in [0.2, 0.25) is 0 Å². The first-order chi connectivity index (χ1) is 13.5. The molecular weight excluding hydrogens is 376 g/mol. The van der Waals surface area contributed by atoms with Crippen LogP contribution < -0.4 is 0 Å². The molecule has 0 unspecified atom stereocenters. The Morgan fingerprint density at radius 3 is 2.25 bits per heavy atom. The normalized spacial score (nSPS) is 15.9. The Balaban J connectivity index is 1.65. The second kappa shape index (κ2) is 6.94. The van der Waals surface area contributed by atoms with E-state index in [1.165, 1.54) is 18.2 Å². The lowest BCUT2D eigenvalue weighted by atomic mass is 10.1. The number of amides is 1. The van der Waals surface area contributed by atoms with Crippen LogP contribution in [0.4, 0.5) is 0 Å². The molecule has 28 heavy (non-hydrogen) atoms. The zero-order valence-electron chi connectivity index (χ0n) is 14.9. The number of hydrogen-bond donors (Lipinski definition) is 0. The van der Waals surface area contributed by atoms with Crippen LogP contribution in [0.25, 0.3) is 17.4 Å². The van der Waals surface area contributed by atoms with Gasteiger partial charge in [0.2, 0.25) is 0 Å². The largest absolute Gasteiger partial charge is 0.457 e. The molecule has 2 aromatic carbocycles. The summed E-state index contributed by atoms with van der Waals surface area (Å²) in [4.78, 5) is 12.7. The van der Waals surface area contributed by atoms with Crippen LogP contribution >= 0.6 is 0 Å². The molecule has 1 aromatic heterocycles. The highest BCUT2D eigenvalue weighted by molar-refractivity contribution is 7.89. The van der Waals surface area contributed by atoms with Crippen LogP contribution in [0.5, 0.6) is 0 Å². The fourth-order valence-corrected chi connectivity index (χ4v) is 4.09. The number of sulfonamides is 1. The number of rotatable bonds is 4. The lowest BCUT2D eigenvalue weighted by molar-refractivity contribution is -0.121. The van der Waals surface area contributed by atoms with E-state index in [0.29, 0.717) is 21.6 Å². The molecule has 2 heterocycles. The van der Waals surface area contributed by atoms with Gasteiger partial charge in [-0.15, -0.1) is 4.41 Å². The molecule has 0 aliphatic carbocycles. The van der Waals surface area contributed by atoms with Gasteiger partial charge < -0.3 is 4.42 Å². The van der Waals surface area contributed by atoms with Crippen LogP contribution in [0.3, 0.4) is 0 Å². The molecule has 0 atom stereocenters. The molecule has 0 radical (unpaired) electrons. The van der Waals surface area contributed by atoms with Crippen molar-refractivity contribution in [1.29, 1.82) is 0 Å². The summed E-state index contributed by atoms with van der Waals surface area (Å²) in [6, 6.07) is 20.8. The first-order valence-corrected chi connectivity index (χ1v) is 9.98. The minimum atomic E-state index is -4.06. The van der Waals surface area contributed by atoms with Crippen LogP contribution in [0, 0.1) is 0 Å². The quantitative estimate of drug-likeness (QED) is 0.630. The van der Waals surface area contributed by atoms with Gasteiger partial charge in [-0.2, -0.15) is 13.5 Å². The summed E-state index contributed by atoms with van der Waals surface area (Å²) in [5, 5.41) is 3.96. The average Bonchev–Trinajstić information content (AvgIpc) is 3.30. The molecule has 3 aromatic rings. The summed E-state index contributed by atoms with van der Waals surface area (Å²) < 4.78 is 31.8. The molecule has 1 amide bonds. The minimum absolute atomic E-state index is 0.00510. The van der Waals surface area contributed by atoms with E-state index in [0.717, 1.165) is 5.56 Å². The van der Waals surface area contributed by atoms with Crippen molar-refractivity contribution < 1.29 is 17.6 Å². The third kappa shape index (κ3) is 3.16. The van der Waals surface area contributed by atoms with Crippen molar-refractivity contribution in [3.63, 3.8) is 0 Å². The Hall–Kier alpha value is -3.45. The Morgan fingerprint density at radius 2 is 1.57 bits per heavy atom. The predicted octanol–water partition coefficient (Wildman–Crippen LogP) is 3.94. The van der Waals surface area contributed by atoms with Crippen molar-refractivity contribution in [3.05, 3.63) is 84.1 Å². The van der Waals surface area contributed by atoms with E-state index in [-0.39, 0.29) is 10.5 Å². The highest BCUT2D eigenvalue weighted by Crippen LogP contribution is 2.27. The third-order valence-electron chi connectivity index (χ3n) is 4.28. The van der Waals surface area contributed by atoms with E-state index >= 15 is 0 Å². The van der Waals surface area contributed by atoms with Crippen molar-refractivity contribution >= 4 is 27.7 Å². The predicted molar refractivity (Wildman–Crippen MR) is 106 cm³/mol. The maximum atomic E-state index is 12.7. The fraction of sp³-hybridized carbons (Fsp3) is 0.0476. The number of hydrazone groups is 1. The van der Waals surface area contributed by atoms with Gasteiger partial charge in [-0.25, -0.2) is 0 Å². The van der Waals surface area contributed by atoms with Gasteiger partial charge in [0, 0.05) is 5.56 Å². The molecule has 0 saturated heterocycles. The van der Waals surface area contributed by atoms with Crippen LogP contribution in [0.1, 0.15) is 12.7 Å². The minimum Gasteiger partial charge on any atom is -0.457 e. The average molecular weight is 392 g/mol. The lowest BCUT2D eigenvalue weighted by Crippen LogP contribution is -2.29. The molecule has 4 rings (SSSR count). The maximum Gasteiger partial charge on any atom is 0.290 e. The molecule has 0 N–H and O–H groups in total. The molecular formula is C21H16N2O4S. The van der Waals surface area contributed by atoms with E-state index < -0.39 is 15.9 Å². The van der Waals surface area contributed by atoms with Gasteiger partial charge in [-0.1, -0.05) is 48.5 Å². The zero-order chi connectivity index (χ0) is 19.7. The smallest absolute Gasteiger partial charge is 0.290 e. The van der Waals surface area contributed by atoms with E-state index in [9.17, 15) is 13.2 Å². The summed E-state index contributed by atoms with van der Waals surface area (Å²) in [6.45, 7) is 1.59. The van der Waals surface area contributed by atoms with Gasteiger partial charge in [-0.3, -0.25) is 4.79 Å². The molecule has 7 heteroatoms. The van der Waals surface area contributed by atoms with Crippen molar-refractivity contribution in [1.82, 2.24) is 4.41 Å². The molecule has 140 valence electrons. The standard InChI is InChI=1S/C21H16N2O4S/c1-15-19(14-17-12-13-20(27-17)16-8-4-2-5-9-16)21(24)23(22-15)28(25,26)18-10-6-3-7-11-18/h2-14H,1H3. The Morgan fingerprint density at radius 1 is 0.929 bits per heavy atom. The number of carbonyl (C=O) groups is 1. The van der Waals surface area contributed by atoms with Crippen molar-refractivity contribution in [2.24, 2.45) is 5.10 Å². The van der Waals surface area contributed by atoms with E-state index in [1.807, 2.05) is 30.3 Å². The summed E-state index contributed by atoms with van der Waals surface area (Å²) in [6.07, 6.45) is 1.51. The number of hydrogen-bond acceptors (Lipinski definition) is 5. The van der Waals surface area contributed by atoms with Crippen LogP contribution in [-0.2, 0) is 14.8 Å². The Labute approximate surface area is 162 Å². The van der Waals surface area contributed by atoms with Gasteiger partial charge in [0.15, 0.2) is 0 Å². The molecule has 6 nitrogen and oxygen atoms in total. The lowest BCUT2D eigenvalue weighted by Gasteiger charge is -2.12. The van der Waals surface area contributed by atoms with E-state index in [1.54, 1.807) is 37.3 Å². The van der Waals surface area contributed by atoms with Crippen LogP contribution in [0.15, 0.2) is 92.8 Å². The van der Waals surface area contributed by atoms with Gasteiger partial charge in [-0.05, 0) is 37.3 Å². The summed E-state index contributed by atoms with van der Waals surface area (Å²) >= 11 is 0. The summed E-state index contributed by atoms with van der Waals surface area (Å²) in [7, 11) is -4.06. The van der Waals surface area contributed by atoms with Crippen molar-refractivity contribution in [2.75, 3.05) is 0 Å². The van der Waals surface area contributed by atoms with E-state index in [4.69, 9.17) is 4.42 Å². The van der Waals surface area contributed by atoms with Gasteiger partial charge in [0.1, 0.15) is 11.5 Å². The molecule has 0 spiro atoms. The first-order valence-electron chi connectivity index (χ1n) is 8.54. The monoisotopic (exact) mass is 392 g/mol. The highest BCUT2D eigenvalue weighted by Gasteiger charge is 2.37. The fourth-order valence-electron chi connectivity index (χ4n) is 2.84. The molecule has 0 fully saturated rings. The number of nitrogens with zero attached hydrogens (tertiary/aromatic N) is 2. The first kappa shape index (κ1) is 17.9. The molecule has 0 bridgehead atoms. The van der Waals surface area contributed by atoms with E-state index in [2.05, 4.69) is 5.10 Å². The van der Waals surface area contributed by atoms with Crippen molar-refractivity contribution in [2.45, 2.75) is 11.8 Å². The second-order valence-corrected chi connectivity index (χ2v) is 7.95. The number of benzene rings is 2. The highest BCUT2D eigenvalue weighted by atomic mass is 32.2. The maximum absolute atomic E-state index is 12.7. The molecule has 0 saturated carbocycles. The van der Waals surface area contributed by atoms with Crippen LogP contribution in [-0.4, -0.2) is 24.5 Å². The van der Waals surface area contributed by atoms with Gasteiger partial charge in [0.25, 0.3) is 15.9 Å². The van der Waals surface area contributed by atoms with Gasteiger partial charge in [0.05, 0.1) is 16.2 Å². The molecule has 1 aliphatic heterocycles. The second-order valence-electron chi connectivity index (χ2n) is 6.18. The topological polar surface area (TPSA) is 80.0 Å². The van der Waals surface area contributed by atoms with Crippen molar-refractivity contribution in [3.8, 4) is 11.3 Å². The number of furan rings is 1. The summed E-state index contributed by atoms with van der Waals surface area (Å²) in [5.74, 6) is 0.385. The SMILES string of the molecule is CC1=NN(S(=O)(=O)c2ccccc2)C(=O)C1=Cc1ccc(-c2ccccc2)o1.